The first-order chi connectivity index (χ1) is 11.2. The molecule has 0 saturated heterocycles. The second kappa shape index (κ2) is 6.83. The van der Waals surface area contributed by atoms with Crippen molar-refractivity contribution in [2.75, 3.05) is 10.6 Å². The minimum atomic E-state index is -0.110. The molecule has 0 aliphatic heterocycles. The van der Waals surface area contributed by atoms with Crippen LogP contribution in [-0.2, 0) is 6.54 Å². The van der Waals surface area contributed by atoms with Gasteiger partial charge in [0.15, 0.2) is 0 Å². The van der Waals surface area contributed by atoms with Crippen LogP contribution in [0.4, 0.5) is 11.4 Å². The minimum absolute atomic E-state index is 0.110. The number of carbonyl (C=O) groups excluding carboxylic acids is 1. The summed E-state index contributed by atoms with van der Waals surface area (Å²) in [5, 5.41) is 6.15. The average molecular weight is 306 g/mol. The summed E-state index contributed by atoms with van der Waals surface area (Å²) in [6, 6.07) is 18.9. The summed E-state index contributed by atoms with van der Waals surface area (Å²) in [6.45, 7) is 2.62. The first-order valence-electron chi connectivity index (χ1n) is 7.45. The van der Waals surface area contributed by atoms with Crippen LogP contribution < -0.4 is 10.6 Å². The summed E-state index contributed by atoms with van der Waals surface area (Å²) in [7, 11) is 0. The molecule has 0 bridgehead atoms. The number of amides is 1. The van der Waals surface area contributed by atoms with Crippen LogP contribution in [0.3, 0.4) is 0 Å². The van der Waals surface area contributed by atoms with Crippen molar-refractivity contribution in [3.8, 4) is 0 Å². The lowest BCUT2D eigenvalue weighted by Crippen LogP contribution is -2.11. The molecule has 0 spiro atoms. The van der Waals surface area contributed by atoms with Crippen LogP contribution in [0.25, 0.3) is 0 Å². The first-order valence-corrected chi connectivity index (χ1v) is 7.45. The maximum absolute atomic E-state index is 12.2. The van der Waals surface area contributed by atoms with Crippen molar-refractivity contribution in [1.82, 2.24) is 0 Å². The molecule has 4 heteroatoms. The van der Waals surface area contributed by atoms with Gasteiger partial charge < -0.3 is 15.1 Å². The van der Waals surface area contributed by atoms with Crippen LogP contribution in [0.5, 0.6) is 0 Å². The molecular formula is C19H18N2O2. The van der Waals surface area contributed by atoms with Crippen molar-refractivity contribution < 1.29 is 9.21 Å². The van der Waals surface area contributed by atoms with Gasteiger partial charge in [-0.3, -0.25) is 4.79 Å². The molecule has 0 aliphatic carbocycles. The summed E-state index contributed by atoms with van der Waals surface area (Å²) in [5.74, 6) is 0.767. The SMILES string of the molecule is Cc1ccc(C(=O)Nc2ccc(NCc3ccco3)cc2)cc1. The van der Waals surface area contributed by atoms with E-state index in [4.69, 9.17) is 4.42 Å². The van der Waals surface area contributed by atoms with Crippen molar-refractivity contribution in [3.63, 3.8) is 0 Å². The Balaban J connectivity index is 1.58. The number of aryl methyl sites for hydroxylation is 1. The number of rotatable bonds is 5. The maximum Gasteiger partial charge on any atom is 0.255 e. The summed E-state index contributed by atoms with van der Waals surface area (Å²) >= 11 is 0. The molecule has 0 aliphatic rings. The van der Waals surface area contributed by atoms with Gasteiger partial charge in [-0.2, -0.15) is 0 Å². The molecule has 0 radical (unpaired) electrons. The summed E-state index contributed by atoms with van der Waals surface area (Å²) in [5.41, 5.74) is 3.51. The Morgan fingerprint density at radius 2 is 1.65 bits per heavy atom. The molecule has 1 amide bonds. The van der Waals surface area contributed by atoms with E-state index in [1.54, 1.807) is 6.26 Å². The lowest BCUT2D eigenvalue weighted by molar-refractivity contribution is 0.102. The lowest BCUT2D eigenvalue weighted by atomic mass is 10.1. The Bertz CT molecular complexity index is 760. The van der Waals surface area contributed by atoms with Crippen LogP contribution in [-0.4, -0.2) is 5.91 Å². The fourth-order valence-electron chi connectivity index (χ4n) is 2.18. The van der Waals surface area contributed by atoms with Gasteiger partial charge in [0.25, 0.3) is 5.91 Å². The van der Waals surface area contributed by atoms with E-state index in [9.17, 15) is 4.79 Å². The van der Waals surface area contributed by atoms with Gasteiger partial charge in [-0.05, 0) is 55.5 Å². The van der Waals surface area contributed by atoms with E-state index in [1.807, 2.05) is 67.6 Å². The quantitative estimate of drug-likeness (QED) is 0.732. The van der Waals surface area contributed by atoms with E-state index < -0.39 is 0 Å². The molecule has 1 heterocycles. The minimum Gasteiger partial charge on any atom is -0.467 e. The number of hydrogen-bond donors (Lipinski definition) is 2. The highest BCUT2D eigenvalue weighted by atomic mass is 16.3. The van der Waals surface area contributed by atoms with Crippen molar-refractivity contribution in [1.29, 1.82) is 0 Å². The smallest absolute Gasteiger partial charge is 0.255 e. The van der Waals surface area contributed by atoms with Crippen LogP contribution >= 0.6 is 0 Å². The van der Waals surface area contributed by atoms with Crippen molar-refractivity contribution in [3.05, 3.63) is 83.8 Å². The standard InChI is InChI=1S/C19H18N2O2/c1-14-4-6-15(7-5-14)19(22)21-17-10-8-16(9-11-17)20-13-18-3-2-12-23-18/h2-12,20H,13H2,1H3,(H,21,22). The highest BCUT2D eigenvalue weighted by Gasteiger charge is 2.05. The van der Waals surface area contributed by atoms with Gasteiger partial charge in [-0.15, -0.1) is 0 Å². The highest BCUT2D eigenvalue weighted by Crippen LogP contribution is 2.16. The van der Waals surface area contributed by atoms with Crippen LogP contribution in [0.1, 0.15) is 21.7 Å². The van der Waals surface area contributed by atoms with Gasteiger partial charge in [0.05, 0.1) is 12.8 Å². The zero-order chi connectivity index (χ0) is 16.1. The zero-order valence-corrected chi connectivity index (χ0v) is 12.9. The molecule has 0 saturated carbocycles. The van der Waals surface area contributed by atoms with Gasteiger partial charge in [0.1, 0.15) is 5.76 Å². The van der Waals surface area contributed by atoms with Crippen molar-refractivity contribution >= 4 is 17.3 Å². The number of nitrogens with one attached hydrogen (secondary N) is 2. The fourth-order valence-corrected chi connectivity index (χ4v) is 2.18. The number of benzene rings is 2. The predicted octanol–water partition coefficient (Wildman–Crippen LogP) is 4.45. The topological polar surface area (TPSA) is 54.3 Å². The van der Waals surface area contributed by atoms with E-state index in [0.29, 0.717) is 12.1 Å². The second-order valence-corrected chi connectivity index (χ2v) is 5.33. The Morgan fingerprint density at radius 3 is 2.30 bits per heavy atom. The molecule has 1 aromatic heterocycles. The third kappa shape index (κ3) is 4.01. The third-order valence-electron chi connectivity index (χ3n) is 3.50. The molecule has 0 atom stereocenters. The van der Waals surface area contributed by atoms with Gasteiger partial charge in [-0.25, -0.2) is 0 Å². The van der Waals surface area contributed by atoms with Crippen LogP contribution in [0.15, 0.2) is 71.3 Å². The molecule has 0 fully saturated rings. The normalized spacial score (nSPS) is 10.3. The van der Waals surface area contributed by atoms with Crippen LogP contribution in [0.2, 0.25) is 0 Å². The molecule has 0 unspecified atom stereocenters. The largest absolute Gasteiger partial charge is 0.467 e. The predicted molar refractivity (Wildman–Crippen MR) is 91.6 cm³/mol. The Labute approximate surface area is 135 Å². The fraction of sp³-hybridized carbons (Fsp3) is 0.105. The third-order valence-corrected chi connectivity index (χ3v) is 3.50. The molecule has 23 heavy (non-hydrogen) atoms. The Kier molecular flexibility index (Phi) is 4.43. The van der Waals surface area contributed by atoms with E-state index in [-0.39, 0.29) is 5.91 Å². The molecule has 2 aromatic carbocycles. The number of carbonyl (C=O) groups is 1. The van der Waals surface area contributed by atoms with E-state index >= 15 is 0 Å². The molecule has 2 N–H and O–H groups in total. The molecular weight excluding hydrogens is 288 g/mol. The number of hydrogen-bond acceptors (Lipinski definition) is 3. The Morgan fingerprint density at radius 1 is 0.957 bits per heavy atom. The highest BCUT2D eigenvalue weighted by molar-refractivity contribution is 6.04. The maximum atomic E-state index is 12.2. The molecule has 116 valence electrons. The van der Waals surface area contributed by atoms with E-state index in [1.165, 1.54) is 0 Å². The van der Waals surface area contributed by atoms with Crippen LogP contribution in [0, 0.1) is 6.92 Å². The lowest BCUT2D eigenvalue weighted by Gasteiger charge is -2.08. The summed E-state index contributed by atoms with van der Waals surface area (Å²) in [4.78, 5) is 12.2. The molecule has 3 aromatic rings. The monoisotopic (exact) mass is 306 g/mol. The van der Waals surface area contributed by atoms with E-state index in [0.717, 1.165) is 22.7 Å². The zero-order valence-electron chi connectivity index (χ0n) is 12.9. The molecule has 4 nitrogen and oxygen atoms in total. The van der Waals surface area contributed by atoms with Crippen molar-refractivity contribution in [2.45, 2.75) is 13.5 Å². The average Bonchev–Trinajstić information content (AvgIpc) is 3.08. The Hall–Kier alpha value is -3.01. The first kappa shape index (κ1) is 14.9. The van der Waals surface area contributed by atoms with Gasteiger partial charge in [0, 0.05) is 16.9 Å². The molecule has 3 rings (SSSR count). The van der Waals surface area contributed by atoms with E-state index in [2.05, 4.69) is 10.6 Å². The van der Waals surface area contributed by atoms with Crippen molar-refractivity contribution in [2.24, 2.45) is 0 Å². The second-order valence-electron chi connectivity index (χ2n) is 5.33. The summed E-state index contributed by atoms with van der Waals surface area (Å²) < 4.78 is 5.27. The van der Waals surface area contributed by atoms with Gasteiger partial charge in [-0.1, -0.05) is 17.7 Å². The number of furan rings is 1. The summed E-state index contributed by atoms with van der Waals surface area (Å²) in [6.07, 6.45) is 1.65. The van der Waals surface area contributed by atoms with Gasteiger partial charge >= 0.3 is 0 Å². The number of anilines is 2. The van der Waals surface area contributed by atoms with Gasteiger partial charge in [0.2, 0.25) is 0 Å².